The summed E-state index contributed by atoms with van der Waals surface area (Å²) in [6.07, 6.45) is 3.35. The lowest BCUT2D eigenvalue weighted by Gasteiger charge is -2.01. The molecule has 0 amide bonds. The average Bonchev–Trinajstić information content (AvgIpc) is 2.20. The number of carbonyl (C=O) groups excluding carboxylic acids is 1. The van der Waals surface area contributed by atoms with Crippen LogP contribution in [0.1, 0.15) is 26.2 Å². The number of hydrogen-bond acceptors (Lipinski definition) is 3. The summed E-state index contributed by atoms with van der Waals surface area (Å²) in [5, 5.41) is 3.89. The molecule has 1 heterocycles. The van der Waals surface area contributed by atoms with Crippen molar-refractivity contribution >= 4 is 5.78 Å². The predicted octanol–water partition coefficient (Wildman–Crippen LogP) is 1.00. The van der Waals surface area contributed by atoms with Gasteiger partial charge in [-0.3, -0.25) is 9.59 Å². The van der Waals surface area contributed by atoms with E-state index in [2.05, 4.69) is 5.10 Å². The number of aromatic nitrogens is 2. The third kappa shape index (κ3) is 3.12. The van der Waals surface area contributed by atoms with Crippen molar-refractivity contribution in [1.82, 2.24) is 9.78 Å². The third-order valence-electron chi connectivity index (χ3n) is 2.01. The van der Waals surface area contributed by atoms with Crippen molar-refractivity contribution in [2.24, 2.45) is 0 Å². The molecule has 0 unspecified atom stereocenters. The molecule has 0 spiro atoms. The smallest absolute Gasteiger partial charge is 0.266 e. The maximum Gasteiger partial charge on any atom is 0.266 e. The van der Waals surface area contributed by atoms with Crippen molar-refractivity contribution in [3.63, 3.8) is 0 Å². The standard InChI is InChI=1S/C10H14N2O2/c1-2-9(13)5-4-8-12-10(14)6-3-7-11-12/h3,6-7H,2,4-5,8H2,1H3. The lowest BCUT2D eigenvalue weighted by Crippen LogP contribution is -2.21. The Morgan fingerprint density at radius 3 is 3.00 bits per heavy atom. The van der Waals surface area contributed by atoms with Crippen LogP contribution in [-0.2, 0) is 11.3 Å². The Morgan fingerprint density at radius 1 is 1.57 bits per heavy atom. The summed E-state index contributed by atoms with van der Waals surface area (Å²) in [5.74, 6) is 0.231. The highest BCUT2D eigenvalue weighted by molar-refractivity contribution is 5.77. The lowest BCUT2D eigenvalue weighted by atomic mass is 10.2. The third-order valence-corrected chi connectivity index (χ3v) is 2.01. The quantitative estimate of drug-likeness (QED) is 0.702. The minimum atomic E-state index is -0.114. The fraction of sp³-hybridized carbons (Fsp3) is 0.500. The van der Waals surface area contributed by atoms with Crippen LogP contribution in [-0.4, -0.2) is 15.6 Å². The van der Waals surface area contributed by atoms with Crippen LogP contribution >= 0.6 is 0 Å². The molecule has 0 radical (unpaired) electrons. The van der Waals surface area contributed by atoms with Crippen LogP contribution in [0.2, 0.25) is 0 Å². The zero-order chi connectivity index (χ0) is 10.4. The number of ketones is 1. The van der Waals surface area contributed by atoms with Gasteiger partial charge in [0.2, 0.25) is 0 Å². The Kier molecular flexibility index (Phi) is 4.04. The maximum atomic E-state index is 11.2. The highest BCUT2D eigenvalue weighted by Gasteiger charge is 1.99. The molecule has 0 aliphatic rings. The van der Waals surface area contributed by atoms with Crippen molar-refractivity contribution in [2.75, 3.05) is 0 Å². The molecule has 4 nitrogen and oxygen atoms in total. The number of carbonyl (C=O) groups is 1. The van der Waals surface area contributed by atoms with Gasteiger partial charge < -0.3 is 0 Å². The van der Waals surface area contributed by atoms with Crippen LogP contribution in [0.15, 0.2) is 23.1 Å². The molecule has 0 aromatic carbocycles. The summed E-state index contributed by atoms with van der Waals surface area (Å²) in [4.78, 5) is 22.2. The zero-order valence-corrected chi connectivity index (χ0v) is 8.27. The second-order valence-corrected chi connectivity index (χ2v) is 3.08. The largest absolute Gasteiger partial charge is 0.300 e. The van der Waals surface area contributed by atoms with Gasteiger partial charge >= 0.3 is 0 Å². The first-order valence-electron chi connectivity index (χ1n) is 4.78. The molecule has 0 bridgehead atoms. The molecule has 0 aliphatic heterocycles. The number of nitrogens with zero attached hydrogens (tertiary/aromatic N) is 2. The molecule has 0 saturated heterocycles. The molecule has 76 valence electrons. The van der Waals surface area contributed by atoms with E-state index >= 15 is 0 Å². The SMILES string of the molecule is CCC(=O)CCCn1ncccc1=O. The van der Waals surface area contributed by atoms with Gasteiger partial charge in [-0.1, -0.05) is 6.92 Å². The number of aryl methyl sites for hydroxylation is 1. The zero-order valence-electron chi connectivity index (χ0n) is 8.27. The van der Waals surface area contributed by atoms with Crippen LogP contribution in [0.3, 0.4) is 0 Å². The van der Waals surface area contributed by atoms with Gasteiger partial charge in [-0.05, 0) is 12.5 Å². The monoisotopic (exact) mass is 194 g/mol. The molecule has 0 saturated carbocycles. The minimum absolute atomic E-state index is 0.114. The van der Waals surface area contributed by atoms with Crippen LogP contribution in [0, 0.1) is 0 Å². The van der Waals surface area contributed by atoms with Gasteiger partial charge in [-0.15, -0.1) is 0 Å². The Balaban J connectivity index is 2.43. The highest BCUT2D eigenvalue weighted by atomic mass is 16.1. The van der Waals surface area contributed by atoms with E-state index in [0.29, 0.717) is 25.8 Å². The van der Waals surface area contributed by atoms with Gasteiger partial charge in [-0.25, -0.2) is 4.68 Å². The van der Waals surface area contributed by atoms with Crippen molar-refractivity contribution in [3.05, 3.63) is 28.7 Å². The van der Waals surface area contributed by atoms with Gasteiger partial charge in [-0.2, -0.15) is 5.10 Å². The number of rotatable bonds is 5. The van der Waals surface area contributed by atoms with Crippen molar-refractivity contribution in [3.8, 4) is 0 Å². The summed E-state index contributed by atoms with van der Waals surface area (Å²) >= 11 is 0. The van der Waals surface area contributed by atoms with E-state index in [0.717, 1.165) is 0 Å². The van der Waals surface area contributed by atoms with Crippen LogP contribution in [0.25, 0.3) is 0 Å². The van der Waals surface area contributed by atoms with E-state index in [4.69, 9.17) is 0 Å². The normalized spacial score (nSPS) is 10.1. The first-order chi connectivity index (χ1) is 6.74. The van der Waals surface area contributed by atoms with Gasteiger partial charge in [0.25, 0.3) is 5.56 Å². The number of hydrogen-bond donors (Lipinski definition) is 0. The maximum absolute atomic E-state index is 11.2. The molecule has 0 fully saturated rings. The van der Waals surface area contributed by atoms with E-state index in [-0.39, 0.29) is 11.3 Å². The van der Waals surface area contributed by atoms with E-state index in [1.807, 2.05) is 6.92 Å². The van der Waals surface area contributed by atoms with Gasteiger partial charge in [0.15, 0.2) is 0 Å². The summed E-state index contributed by atoms with van der Waals surface area (Å²) in [6, 6.07) is 3.07. The van der Waals surface area contributed by atoms with E-state index < -0.39 is 0 Å². The van der Waals surface area contributed by atoms with Crippen molar-refractivity contribution in [1.29, 1.82) is 0 Å². The summed E-state index contributed by atoms with van der Waals surface area (Å²) in [5.41, 5.74) is -0.114. The predicted molar refractivity (Wildman–Crippen MR) is 53.0 cm³/mol. The molecule has 1 aromatic rings. The molecule has 0 aliphatic carbocycles. The highest BCUT2D eigenvalue weighted by Crippen LogP contribution is 1.95. The first-order valence-corrected chi connectivity index (χ1v) is 4.78. The molecule has 14 heavy (non-hydrogen) atoms. The Morgan fingerprint density at radius 2 is 2.36 bits per heavy atom. The summed E-state index contributed by atoms with van der Waals surface area (Å²) < 4.78 is 1.38. The fourth-order valence-corrected chi connectivity index (χ4v) is 1.16. The van der Waals surface area contributed by atoms with Crippen LogP contribution < -0.4 is 5.56 Å². The Hall–Kier alpha value is -1.45. The molecule has 0 atom stereocenters. The Labute approximate surface area is 82.6 Å². The second kappa shape index (κ2) is 5.32. The topological polar surface area (TPSA) is 52.0 Å². The molecule has 0 N–H and O–H groups in total. The summed E-state index contributed by atoms with van der Waals surface area (Å²) in [7, 11) is 0. The van der Waals surface area contributed by atoms with Crippen LogP contribution in [0.4, 0.5) is 0 Å². The minimum Gasteiger partial charge on any atom is -0.300 e. The van der Waals surface area contributed by atoms with E-state index in [1.165, 1.54) is 10.7 Å². The van der Waals surface area contributed by atoms with Crippen molar-refractivity contribution < 1.29 is 4.79 Å². The van der Waals surface area contributed by atoms with Crippen molar-refractivity contribution in [2.45, 2.75) is 32.7 Å². The van der Waals surface area contributed by atoms with E-state index in [1.54, 1.807) is 12.3 Å². The molecule has 1 rings (SSSR count). The van der Waals surface area contributed by atoms with Gasteiger partial charge in [0, 0.05) is 31.6 Å². The van der Waals surface area contributed by atoms with Gasteiger partial charge in [0.05, 0.1) is 0 Å². The summed E-state index contributed by atoms with van der Waals surface area (Å²) in [6.45, 7) is 2.36. The van der Waals surface area contributed by atoms with E-state index in [9.17, 15) is 9.59 Å². The second-order valence-electron chi connectivity index (χ2n) is 3.08. The first kappa shape index (κ1) is 10.6. The van der Waals surface area contributed by atoms with Gasteiger partial charge in [0.1, 0.15) is 5.78 Å². The molecular weight excluding hydrogens is 180 g/mol. The fourth-order valence-electron chi connectivity index (χ4n) is 1.16. The molecule has 4 heteroatoms. The average molecular weight is 194 g/mol. The molecule has 1 aromatic heterocycles. The molecular formula is C10H14N2O2. The van der Waals surface area contributed by atoms with Crippen LogP contribution in [0.5, 0.6) is 0 Å². The Bertz CT molecular complexity index is 357. The number of Topliss-reactive ketones (excluding diaryl/α,β-unsaturated/α-hetero) is 1. The lowest BCUT2D eigenvalue weighted by molar-refractivity contribution is -0.118.